The van der Waals surface area contributed by atoms with Crippen molar-refractivity contribution in [2.45, 2.75) is 77.4 Å². The molecule has 1 heterocycles. The van der Waals surface area contributed by atoms with Gasteiger partial charge in [0, 0.05) is 24.8 Å². The van der Waals surface area contributed by atoms with E-state index in [1.54, 1.807) is 0 Å². The second kappa shape index (κ2) is 4.71. The first-order valence-corrected chi connectivity index (χ1v) is 7.70. The van der Waals surface area contributed by atoms with Crippen molar-refractivity contribution in [3.05, 3.63) is 0 Å². The summed E-state index contributed by atoms with van der Waals surface area (Å²) >= 11 is 0. The quantitative estimate of drug-likeness (QED) is 0.810. The number of rotatable bonds is 2. The van der Waals surface area contributed by atoms with Crippen LogP contribution in [0.25, 0.3) is 0 Å². The van der Waals surface area contributed by atoms with Crippen molar-refractivity contribution in [2.75, 3.05) is 13.2 Å². The molecule has 1 aliphatic heterocycles. The lowest BCUT2D eigenvalue weighted by atomic mass is 9.55. The maximum atomic E-state index is 11.3. The summed E-state index contributed by atoms with van der Waals surface area (Å²) in [5.41, 5.74) is 5.53. The van der Waals surface area contributed by atoms with Crippen LogP contribution in [0, 0.1) is 10.8 Å². The standard InChI is InChI=1S/C16H31NO2/c1-13(2)5-7-15(12-17,8-6-13)16(18)9-10-19-14(3,4)11-16/h18H,5-12,17H2,1-4H3. The minimum atomic E-state index is -0.653. The second-order valence-corrected chi connectivity index (χ2v) is 8.22. The lowest BCUT2D eigenvalue weighted by Gasteiger charge is -2.56. The highest BCUT2D eigenvalue weighted by Gasteiger charge is 2.55. The lowest BCUT2D eigenvalue weighted by molar-refractivity contribution is -0.204. The van der Waals surface area contributed by atoms with Gasteiger partial charge in [-0.25, -0.2) is 0 Å². The Balaban J connectivity index is 2.21. The van der Waals surface area contributed by atoms with Gasteiger partial charge in [-0.2, -0.15) is 0 Å². The van der Waals surface area contributed by atoms with E-state index in [0.717, 1.165) is 32.1 Å². The van der Waals surface area contributed by atoms with Gasteiger partial charge in [0.2, 0.25) is 0 Å². The van der Waals surface area contributed by atoms with E-state index in [9.17, 15) is 5.11 Å². The molecule has 3 nitrogen and oxygen atoms in total. The van der Waals surface area contributed by atoms with Crippen LogP contribution in [0.15, 0.2) is 0 Å². The summed E-state index contributed by atoms with van der Waals surface area (Å²) in [5, 5.41) is 11.3. The number of hydrogen-bond acceptors (Lipinski definition) is 3. The molecule has 0 aromatic heterocycles. The average molecular weight is 269 g/mol. The number of nitrogens with two attached hydrogens (primary N) is 1. The van der Waals surface area contributed by atoms with Gasteiger partial charge in [0.1, 0.15) is 0 Å². The van der Waals surface area contributed by atoms with Gasteiger partial charge in [0.15, 0.2) is 0 Å². The molecule has 1 atom stereocenters. The third-order valence-electron chi connectivity index (χ3n) is 5.67. The van der Waals surface area contributed by atoms with Gasteiger partial charge in [-0.15, -0.1) is 0 Å². The summed E-state index contributed by atoms with van der Waals surface area (Å²) in [4.78, 5) is 0. The largest absolute Gasteiger partial charge is 0.389 e. The normalized spacial score (nSPS) is 36.9. The third kappa shape index (κ3) is 2.84. The molecular weight excluding hydrogens is 238 g/mol. The highest BCUT2D eigenvalue weighted by Crippen LogP contribution is 2.54. The Morgan fingerprint density at radius 3 is 2.05 bits per heavy atom. The van der Waals surface area contributed by atoms with E-state index < -0.39 is 5.60 Å². The zero-order valence-corrected chi connectivity index (χ0v) is 13.1. The van der Waals surface area contributed by atoms with E-state index in [4.69, 9.17) is 10.5 Å². The summed E-state index contributed by atoms with van der Waals surface area (Å²) in [6.07, 6.45) is 5.85. The smallest absolute Gasteiger partial charge is 0.0764 e. The fraction of sp³-hybridized carbons (Fsp3) is 1.00. The maximum absolute atomic E-state index is 11.3. The topological polar surface area (TPSA) is 55.5 Å². The molecule has 0 radical (unpaired) electrons. The Morgan fingerprint density at radius 1 is 1.00 bits per heavy atom. The van der Waals surface area contributed by atoms with Gasteiger partial charge < -0.3 is 15.6 Å². The van der Waals surface area contributed by atoms with Gasteiger partial charge in [-0.1, -0.05) is 13.8 Å². The Labute approximate surface area is 117 Å². The fourth-order valence-corrected chi connectivity index (χ4v) is 4.06. The maximum Gasteiger partial charge on any atom is 0.0764 e. The first-order chi connectivity index (χ1) is 8.64. The van der Waals surface area contributed by atoms with Crippen LogP contribution in [-0.2, 0) is 4.74 Å². The van der Waals surface area contributed by atoms with E-state index in [1.165, 1.54) is 0 Å². The van der Waals surface area contributed by atoms with Crippen molar-refractivity contribution >= 4 is 0 Å². The van der Waals surface area contributed by atoms with Crippen LogP contribution in [0.1, 0.15) is 66.2 Å². The summed E-state index contributed by atoms with van der Waals surface area (Å²) in [7, 11) is 0. The molecule has 3 N–H and O–H groups in total. The van der Waals surface area contributed by atoms with Crippen molar-refractivity contribution in [2.24, 2.45) is 16.6 Å². The molecule has 0 aromatic rings. The molecule has 0 spiro atoms. The van der Waals surface area contributed by atoms with E-state index in [2.05, 4.69) is 27.7 Å². The fourth-order valence-electron chi connectivity index (χ4n) is 4.06. The Kier molecular flexibility index (Phi) is 3.79. The van der Waals surface area contributed by atoms with Gasteiger partial charge >= 0.3 is 0 Å². The Hall–Kier alpha value is -0.120. The van der Waals surface area contributed by atoms with Gasteiger partial charge in [-0.05, 0) is 44.9 Å². The molecular formula is C16H31NO2. The summed E-state index contributed by atoms with van der Waals surface area (Å²) in [5.74, 6) is 0. The van der Waals surface area contributed by atoms with Gasteiger partial charge in [-0.3, -0.25) is 0 Å². The molecule has 1 saturated carbocycles. The molecule has 0 bridgehead atoms. The molecule has 19 heavy (non-hydrogen) atoms. The van der Waals surface area contributed by atoms with Gasteiger partial charge in [0.25, 0.3) is 0 Å². The van der Waals surface area contributed by atoms with Crippen LogP contribution >= 0.6 is 0 Å². The van der Waals surface area contributed by atoms with E-state index >= 15 is 0 Å². The minimum Gasteiger partial charge on any atom is -0.389 e. The molecule has 112 valence electrons. The SMILES string of the molecule is CC1(C)CCC(CN)(C2(O)CCOC(C)(C)C2)CC1. The zero-order chi connectivity index (χ0) is 14.4. The molecule has 2 rings (SSSR count). The predicted octanol–water partition coefficient (Wildman–Crippen LogP) is 2.85. The molecule has 1 aliphatic carbocycles. The number of hydrogen-bond donors (Lipinski definition) is 2. The minimum absolute atomic E-state index is 0.108. The monoisotopic (exact) mass is 269 g/mol. The third-order valence-corrected chi connectivity index (χ3v) is 5.67. The summed E-state index contributed by atoms with van der Waals surface area (Å²) in [6.45, 7) is 10.0. The van der Waals surface area contributed by atoms with Crippen LogP contribution in [0.3, 0.4) is 0 Å². The van der Waals surface area contributed by atoms with Crippen LogP contribution < -0.4 is 5.73 Å². The molecule has 2 aliphatic rings. The second-order valence-electron chi connectivity index (χ2n) is 8.22. The molecule has 1 saturated heterocycles. The highest BCUT2D eigenvalue weighted by molar-refractivity contribution is 5.06. The highest BCUT2D eigenvalue weighted by atomic mass is 16.5. The number of aliphatic hydroxyl groups is 1. The summed E-state index contributed by atoms with van der Waals surface area (Å²) < 4.78 is 5.78. The Bertz CT molecular complexity index is 328. The number of ether oxygens (including phenoxy) is 1. The van der Waals surface area contributed by atoms with Crippen molar-refractivity contribution < 1.29 is 9.84 Å². The van der Waals surface area contributed by atoms with E-state index in [-0.39, 0.29) is 11.0 Å². The lowest BCUT2D eigenvalue weighted by Crippen LogP contribution is -2.60. The van der Waals surface area contributed by atoms with Crippen LogP contribution in [0.2, 0.25) is 0 Å². The van der Waals surface area contributed by atoms with E-state index in [0.29, 0.717) is 25.0 Å². The van der Waals surface area contributed by atoms with Crippen molar-refractivity contribution in [3.63, 3.8) is 0 Å². The van der Waals surface area contributed by atoms with Crippen LogP contribution in [0.5, 0.6) is 0 Å². The van der Waals surface area contributed by atoms with Crippen molar-refractivity contribution in [3.8, 4) is 0 Å². The Morgan fingerprint density at radius 2 is 1.58 bits per heavy atom. The molecule has 2 fully saturated rings. The molecule has 0 aromatic carbocycles. The first-order valence-electron chi connectivity index (χ1n) is 7.70. The van der Waals surface area contributed by atoms with Crippen molar-refractivity contribution in [1.82, 2.24) is 0 Å². The molecule has 1 unspecified atom stereocenters. The van der Waals surface area contributed by atoms with Crippen LogP contribution in [-0.4, -0.2) is 29.5 Å². The zero-order valence-electron chi connectivity index (χ0n) is 13.1. The summed E-state index contributed by atoms with van der Waals surface area (Å²) in [6, 6.07) is 0. The van der Waals surface area contributed by atoms with Crippen molar-refractivity contribution in [1.29, 1.82) is 0 Å². The van der Waals surface area contributed by atoms with E-state index in [1.807, 2.05) is 0 Å². The van der Waals surface area contributed by atoms with Crippen LogP contribution in [0.4, 0.5) is 0 Å². The average Bonchev–Trinajstić information content (AvgIpc) is 2.27. The predicted molar refractivity (Wildman–Crippen MR) is 78.0 cm³/mol. The molecule has 3 heteroatoms. The molecule has 0 amide bonds. The van der Waals surface area contributed by atoms with Gasteiger partial charge in [0.05, 0.1) is 17.8 Å². The first kappa shape index (κ1) is 15.3.